The Hall–Kier alpha value is -2.58. The van der Waals surface area contributed by atoms with Gasteiger partial charge in [-0.2, -0.15) is 0 Å². The molecule has 2 rings (SSSR count). The number of carbonyl (C=O) groups excluding carboxylic acids is 2. The number of nitrogens with one attached hydrogen (secondary N) is 1. The van der Waals surface area contributed by atoms with E-state index in [4.69, 9.17) is 11.6 Å². The van der Waals surface area contributed by atoms with Crippen LogP contribution >= 0.6 is 11.6 Å². The van der Waals surface area contributed by atoms with Crippen LogP contribution in [-0.2, 0) is 26.0 Å². The Balaban J connectivity index is 2.40. The van der Waals surface area contributed by atoms with Gasteiger partial charge < -0.3 is 10.2 Å². The lowest BCUT2D eigenvalue weighted by Crippen LogP contribution is -2.54. The van der Waals surface area contributed by atoms with E-state index in [9.17, 15) is 18.0 Å². The molecule has 0 bridgehead atoms. The predicted molar refractivity (Wildman–Crippen MR) is 142 cm³/mol. The molecule has 192 valence electrons. The molecule has 0 aromatic heterocycles. The molecule has 0 aliphatic heterocycles. The largest absolute Gasteiger partial charge is 0.352 e. The molecule has 0 spiro atoms. The van der Waals surface area contributed by atoms with Crippen LogP contribution in [0.1, 0.15) is 44.7 Å². The lowest BCUT2D eigenvalue weighted by molar-refractivity contribution is -0.139. The topological polar surface area (TPSA) is 86.8 Å². The SMILES string of the molecule is CC[C@H](C)NC(=O)[C@H](CC)N(CCc1ccccc1)C(=O)CN(c1cc(Cl)ccc1C)S(C)(=O)=O. The van der Waals surface area contributed by atoms with E-state index in [1.165, 1.54) is 11.0 Å². The molecule has 7 nitrogen and oxygen atoms in total. The first-order chi connectivity index (χ1) is 16.5. The minimum Gasteiger partial charge on any atom is -0.352 e. The number of amides is 2. The molecule has 0 aliphatic carbocycles. The molecule has 0 aliphatic rings. The van der Waals surface area contributed by atoms with Crippen LogP contribution in [0, 0.1) is 6.92 Å². The summed E-state index contributed by atoms with van der Waals surface area (Å²) in [5.74, 6) is -0.690. The molecule has 0 saturated heterocycles. The second kappa shape index (κ2) is 12.9. The molecule has 0 unspecified atom stereocenters. The number of hydrogen-bond donors (Lipinski definition) is 1. The highest BCUT2D eigenvalue weighted by molar-refractivity contribution is 7.92. The van der Waals surface area contributed by atoms with Crippen molar-refractivity contribution in [2.24, 2.45) is 0 Å². The summed E-state index contributed by atoms with van der Waals surface area (Å²) in [5.41, 5.74) is 2.03. The maximum absolute atomic E-state index is 13.7. The second-order valence-electron chi connectivity index (χ2n) is 8.77. The van der Waals surface area contributed by atoms with Gasteiger partial charge in [-0.1, -0.05) is 61.8 Å². The summed E-state index contributed by atoms with van der Waals surface area (Å²) >= 11 is 6.13. The van der Waals surface area contributed by atoms with Gasteiger partial charge in [0.05, 0.1) is 11.9 Å². The van der Waals surface area contributed by atoms with Crippen LogP contribution in [0.3, 0.4) is 0 Å². The highest BCUT2D eigenvalue weighted by atomic mass is 35.5. The van der Waals surface area contributed by atoms with Crippen molar-refractivity contribution in [3.8, 4) is 0 Å². The van der Waals surface area contributed by atoms with Crippen molar-refractivity contribution < 1.29 is 18.0 Å². The number of sulfonamides is 1. The summed E-state index contributed by atoms with van der Waals surface area (Å²) in [5, 5.41) is 3.33. The third kappa shape index (κ3) is 8.25. The summed E-state index contributed by atoms with van der Waals surface area (Å²) in [6, 6.07) is 13.8. The minimum absolute atomic E-state index is 0.0377. The smallest absolute Gasteiger partial charge is 0.244 e. The maximum Gasteiger partial charge on any atom is 0.244 e. The zero-order valence-electron chi connectivity index (χ0n) is 21.1. The van der Waals surface area contributed by atoms with E-state index in [1.807, 2.05) is 51.1 Å². The number of halogens is 1. The van der Waals surface area contributed by atoms with E-state index >= 15 is 0 Å². The van der Waals surface area contributed by atoms with Gasteiger partial charge in [0.1, 0.15) is 12.6 Å². The van der Waals surface area contributed by atoms with Crippen LogP contribution in [0.2, 0.25) is 5.02 Å². The Morgan fingerprint density at radius 3 is 2.29 bits per heavy atom. The van der Waals surface area contributed by atoms with E-state index in [-0.39, 0.29) is 18.5 Å². The third-order valence-corrected chi connectivity index (χ3v) is 7.35. The molecule has 0 radical (unpaired) electrons. The van der Waals surface area contributed by atoms with Gasteiger partial charge in [0, 0.05) is 17.6 Å². The predicted octanol–water partition coefficient (Wildman–Crippen LogP) is 4.18. The highest BCUT2D eigenvalue weighted by Gasteiger charge is 2.32. The molecule has 2 aromatic rings. The van der Waals surface area contributed by atoms with Crippen LogP contribution in [0.15, 0.2) is 48.5 Å². The van der Waals surface area contributed by atoms with Gasteiger partial charge in [0.15, 0.2) is 0 Å². The van der Waals surface area contributed by atoms with E-state index < -0.39 is 28.5 Å². The minimum atomic E-state index is -3.80. The van der Waals surface area contributed by atoms with Crippen molar-refractivity contribution >= 4 is 39.1 Å². The maximum atomic E-state index is 13.7. The first-order valence-electron chi connectivity index (χ1n) is 11.9. The lowest BCUT2D eigenvalue weighted by atomic mass is 10.1. The Morgan fingerprint density at radius 2 is 1.71 bits per heavy atom. The summed E-state index contributed by atoms with van der Waals surface area (Å²) < 4.78 is 26.5. The number of rotatable bonds is 12. The third-order valence-electron chi connectivity index (χ3n) is 5.99. The number of anilines is 1. The first kappa shape index (κ1) is 28.7. The van der Waals surface area contributed by atoms with Gasteiger partial charge in [-0.3, -0.25) is 13.9 Å². The molecular weight excluding hydrogens is 486 g/mol. The van der Waals surface area contributed by atoms with Crippen molar-refractivity contribution in [3.63, 3.8) is 0 Å². The zero-order chi connectivity index (χ0) is 26.2. The van der Waals surface area contributed by atoms with Gasteiger partial charge in [-0.25, -0.2) is 8.42 Å². The molecule has 0 fully saturated rings. The van der Waals surface area contributed by atoms with Crippen molar-refractivity contribution in [2.75, 3.05) is 23.7 Å². The van der Waals surface area contributed by atoms with Crippen LogP contribution < -0.4 is 9.62 Å². The molecular formula is C26H36ClN3O4S. The Bertz CT molecular complexity index is 1110. The van der Waals surface area contributed by atoms with Gasteiger partial charge >= 0.3 is 0 Å². The highest BCUT2D eigenvalue weighted by Crippen LogP contribution is 2.26. The van der Waals surface area contributed by atoms with E-state index in [0.29, 0.717) is 29.1 Å². The number of hydrogen-bond acceptors (Lipinski definition) is 4. The molecule has 9 heteroatoms. The van der Waals surface area contributed by atoms with Crippen molar-refractivity contribution in [1.82, 2.24) is 10.2 Å². The number of aryl methyl sites for hydroxylation is 1. The van der Waals surface area contributed by atoms with Crippen LogP contribution in [0.5, 0.6) is 0 Å². The van der Waals surface area contributed by atoms with E-state index in [1.54, 1.807) is 19.1 Å². The summed E-state index contributed by atoms with van der Waals surface area (Å²) in [4.78, 5) is 28.3. The quantitative estimate of drug-likeness (QED) is 0.454. The van der Waals surface area contributed by atoms with Crippen molar-refractivity contribution in [3.05, 3.63) is 64.7 Å². The van der Waals surface area contributed by atoms with Gasteiger partial charge in [0.25, 0.3) is 0 Å². The molecule has 2 atom stereocenters. The number of nitrogens with zero attached hydrogens (tertiary/aromatic N) is 2. The molecule has 2 aromatic carbocycles. The first-order valence-corrected chi connectivity index (χ1v) is 14.1. The van der Waals surface area contributed by atoms with Gasteiger partial charge in [-0.05, 0) is 56.4 Å². The van der Waals surface area contributed by atoms with Gasteiger partial charge in [-0.15, -0.1) is 0 Å². The molecule has 1 N–H and O–H groups in total. The zero-order valence-corrected chi connectivity index (χ0v) is 22.7. The van der Waals surface area contributed by atoms with Crippen LogP contribution in [0.4, 0.5) is 5.69 Å². The summed E-state index contributed by atoms with van der Waals surface area (Å²) in [6.45, 7) is 7.34. The van der Waals surface area contributed by atoms with Gasteiger partial charge in [0.2, 0.25) is 21.8 Å². The molecule has 0 heterocycles. The molecule has 0 saturated carbocycles. The average molecular weight is 522 g/mol. The Morgan fingerprint density at radius 1 is 1.06 bits per heavy atom. The van der Waals surface area contributed by atoms with Crippen molar-refractivity contribution in [1.29, 1.82) is 0 Å². The lowest BCUT2D eigenvalue weighted by Gasteiger charge is -2.33. The monoisotopic (exact) mass is 521 g/mol. The molecule has 2 amide bonds. The van der Waals surface area contributed by atoms with E-state index in [2.05, 4.69) is 5.32 Å². The van der Waals surface area contributed by atoms with Crippen LogP contribution in [0.25, 0.3) is 0 Å². The number of benzene rings is 2. The second-order valence-corrected chi connectivity index (χ2v) is 11.1. The van der Waals surface area contributed by atoms with E-state index in [0.717, 1.165) is 22.5 Å². The fourth-order valence-electron chi connectivity index (χ4n) is 3.78. The fourth-order valence-corrected chi connectivity index (χ4v) is 4.85. The van der Waals surface area contributed by atoms with Crippen molar-refractivity contribution in [2.45, 2.75) is 59.0 Å². The standard InChI is InChI=1S/C26H36ClN3O4S/c1-6-20(4)28-26(32)23(7-2)29(16-15-21-11-9-8-10-12-21)25(31)18-30(35(5,33)34)24-17-22(27)14-13-19(24)3/h8-14,17,20,23H,6-7,15-16,18H2,1-5H3,(H,28,32)/t20-,23-/m0/s1. The summed E-state index contributed by atoms with van der Waals surface area (Å²) in [6.07, 6.45) is 2.75. The fraction of sp³-hybridized carbons (Fsp3) is 0.462. The molecule has 35 heavy (non-hydrogen) atoms. The Labute approximate surface area is 214 Å². The number of carbonyl (C=O) groups is 2. The Kier molecular flexibility index (Phi) is 10.6. The average Bonchev–Trinajstić information content (AvgIpc) is 2.81. The van der Waals surface area contributed by atoms with Crippen LogP contribution in [-0.4, -0.2) is 56.6 Å². The summed E-state index contributed by atoms with van der Waals surface area (Å²) in [7, 11) is -3.80. The normalized spacial score (nSPS) is 13.1.